The zero-order valence-electron chi connectivity index (χ0n) is 10.8. The molecule has 0 spiro atoms. The summed E-state index contributed by atoms with van der Waals surface area (Å²) in [6, 6.07) is 0. The highest BCUT2D eigenvalue weighted by Gasteiger charge is 2.36. The minimum Gasteiger partial charge on any atom is -0.301 e. The zero-order valence-corrected chi connectivity index (χ0v) is 12.4. The second kappa shape index (κ2) is 5.18. The maximum atomic E-state index is 3.72. The predicted molar refractivity (Wildman–Crippen MR) is 71.7 cm³/mol. The predicted octanol–water partition coefficient (Wildman–Crippen LogP) is 4.06. The van der Waals surface area contributed by atoms with E-state index in [1.165, 1.54) is 44.0 Å². The lowest BCUT2D eigenvalue weighted by molar-refractivity contribution is 0.0954. The highest BCUT2D eigenvalue weighted by molar-refractivity contribution is 9.09. The number of hydrogen-bond acceptors (Lipinski definition) is 1. The summed E-state index contributed by atoms with van der Waals surface area (Å²) in [6.07, 6.45) is 6.88. The van der Waals surface area contributed by atoms with Crippen molar-refractivity contribution in [2.45, 2.75) is 58.4 Å². The molecule has 1 aliphatic carbocycles. The van der Waals surface area contributed by atoms with Gasteiger partial charge in [0.05, 0.1) is 0 Å². The fraction of sp³-hybridized carbons (Fsp3) is 1.00. The molecule has 1 aliphatic rings. The number of rotatable bonds is 5. The molecule has 0 N–H and O–H groups in total. The molecule has 0 unspecified atom stereocenters. The van der Waals surface area contributed by atoms with Crippen molar-refractivity contribution in [3.8, 4) is 0 Å². The minimum absolute atomic E-state index is 0.345. The molecule has 0 aliphatic heterocycles. The van der Waals surface area contributed by atoms with Crippen LogP contribution in [0.1, 0.15) is 52.9 Å². The van der Waals surface area contributed by atoms with Crippen LogP contribution in [0, 0.1) is 5.41 Å². The Hall–Kier alpha value is 0.440. The lowest BCUT2D eigenvalue weighted by Gasteiger charge is -2.41. The topological polar surface area (TPSA) is 3.24 Å². The fourth-order valence-electron chi connectivity index (χ4n) is 2.45. The molecular weight excluding hydrogens is 250 g/mol. The van der Waals surface area contributed by atoms with Crippen molar-refractivity contribution in [3.63, 3.8) is 0 Å². The maximum Gasteiger partial charge on any atom is 0.0147 e. The van der Waals surface area contributed by atoms with Crippen LogP contribution >= 0.6 is 15.9 Å². The average Bonchev–Trinajstić information content (AvgIpc) is 2.67. The van der Waals surface area contributed by atoms with Crippen LogP contribution < -0.4 is 0 Å². The summed E-state index contributed by atoms with van der Waals surface area (Å²) in [7, 11) is 2.28. The number of nitrogens with zero attached hydrogens (tertiary/aromatic N) is 1. The van der Waals surface area contributed by atoms with Gasteiger partial charge in [-0.05, 0) is 45.6 Å². The molecule has 15 heavy (non-hydrogen) atoms. The van der Waals surface area contributed by atoms with E-state index in [-0.39, 0.29) is 0 Å². The van der Waals surface area contributed by atoms with Crippen LogP contribution in [-0.2, 0) is 0 Å². The normalized spacial score (nSPS) is 21.2. The van der Waals surface area contributed by atoms with Gasteiger partial charge >= 0.3 is 0 Å². The highest BCUT2D eigenvalue weighted by atomic mass is 79.9. The van der Waals surface area contributed by atoms with E-state index in [0.29, 0.717) is 11.0 Å². The average molecular weight is 276 g/mol. The van der Waals surface area contributed by atoms with E-state index in [1.54, 1.807) is 0 Å². The van der Waals surface area contributed by atoms with Gasteiger partial charge in [0.1, 0.15) is 0 Å². The van der Waals surface area contributed by atoms with Gasteiger partial charge in [0, 0.05) is 17.4 Å². The van der Waals surface area contributed by atoms with Crippen molar-refractivity contribution in [2.24, 2.45) is 5.41 Å². The van der Waals surface area contributed by atoms with Gasteiger partial charge in [-0.3, -0.25) is 0 Å². The largest absolute Gasteiger partial charge is 0.301 e. The Balaban J connectivity index is 2.59. The molecule has 0 radical (unpaired) electrons. The molecule has 1 saturated carbocycles. The second-order valence-corrected chi connectivity index (χ2v) is 6.42. The van der Waals surface area contributed by atoms with E-state index >= 15 is 0 Å². The van der Waals surface area contributed by atoms with Gasteiger partial charge in [0.2, 0.25) is 0 Å². The van der Waals surface area contributed by atoms with Crippen molar-refractivity contribution < 1.29 is 0 Å². The quantitative estimate of drug-likeness (QED) is 0.684. The Kier molecular flexibility index (Phi) is 4.66. The molecule has 0 aromatic rings. The molecule has 0 amide bonds. The van der Waals surface area contributed by atoms with E-state index < -0.39 is 0 Å². The molecule has 90 valence electrons. The highest BCUT2D eigenvalue weighted by Crippen LogP contribution is 2.41. The molecule has 1 fully saturated rings. The third-order valence-electron chi connectivity index (χ3n) is 4.42. The molecular formula is C13H26BrN. The van der Waals surface area contributed by atoms with E-state index in [2.05, 4.69) is 48.6 Å². The van der Waals surface area contributed by atoms with Gasteiger partial charge in [-0.2, -0.15) is 0 Å². The van der Waals surface area contributed by atoms with Crippen LogP contribution in [0.25, 0.3) is 0 Å². The molecule has 0 atom stereocenters. The lowest BCUT2D eigenvalue weighted by Crippen LogP contribution is -2.46. The first-order chi connectivity index (χ1) is 6.96. The summed E-state index contributed by atoms with van der Waals surface area (Å²) < 4.78 is 0. The van der Waals surface area contributed by atoms with Crippen LogP contribution in [0.5, 0.6) is 0 Å². The summed E-state index contributed by atoms with van der Waals surface area (Å²) in [5, 5.41) is 1.17. The van der Waals surface area contributed by atoms with Crippen molar-refractivity contribution in [1.29, 1.82) is 0 Å². The molecule has 0 saturated heterocycles. The van der Waals surface area contributed by atoms with Crippen molar-refractivity contribution >= 4 is 15.9 Å². The van der Waals surface area contributed by atoms with Crippen molar-refractivity contribution in [2.75, 3.05) is 18.9 Å². The van der Waals surface area contributed by atoms with Gasteiger partial charge in [0.25, 0.3) is 0 Å². The second-order valence-electron chi connectivity index (χ2n) is 5.86. The van der Waals surface area contributed by atoms with Crippen LogP contribution in [0.3, 0.4) is 0 Å². The number of alkyl halides is 1. The van der Waals surface area contributed by atoms with Crippen LogP contribution in [-0.4, -0.2) is 29.4 Å². The summed E-state index contributed by atoms with van der Waals surface area (Å²) in [6.45, 7) is 8.23. The fourth-order valence-corrected chi connectivity index (χ4v) is 3.18. The summed E-state index contributed by atoms with van der Waals surface area (Å²) in [5.74, 6) is 0. The SMILES string of the molecule is CCC(C)(C)N(C)CC1(CBr)CCCC1. The van der Waals surface area contributed by atoms with Gasteiger partial charge in [-0.15, -0.1) is 0 Å². The first-order valence-corrected chi connectivity index (χ1v) is 7.35. The zero-order chi connectivity index (χ0) is 11.5. The van der Waals surface area contributed by atoms with Crippen LogP contribution in [0.2, 0.25) is 0 Å². The maximum absolute atomic E-state index is 3.72. The molecule has 2 heteroatoms. The Morgan fingerprint density at radius 1 is 1.27 bits per heavy atom. The Labute approximate surface area is 104 Å². The first-order valence-electron chi connectivity index (χ1n) is 6.23. The van der Waals surface area contributed by atoms with Crippen molar-refractivity contribution in [1.82, 2.24) is 4.90 Å². The molecule has 1 nitrogen and oxygen atoms in total. The standard InChI is InChI=1S/C13H26BrN/c1-5-12(2,3)15(4)11-13(10-14)8-6-7-9-13/h5-11H2,1-4H3. The first kappa shape index (κ1) is 13.5. The molecule has 0 heterocycles. The van der Waals surface area contributed by atoms with Gasteiger partial charge in [0.15, 0.2) is 0 Å². The van der Waals surface area contributed by atoms with E-state index in [0.717, 1.165) is 0 Å². The monoisotopic (exact) mass is 275 g/mol. The Bertz CT molecular complexity index is 195. The van der Waals surface area contributed by atoms with Crippen molar-refractivity contribution in [3.05, 3.63) is 0 Å². The van der Waals surface area contributed by atoms with E-state index in [9.17, 15) is 0 Å². The molecule has 0 aromatic carbocycles. The van der Waals surface area contributed by atoms with Gasteiger partial charge < -0.3 is 4.90 Å². The smallest absolute Gasteiger partial charge is 0.0147 e. The van der Waals surface area contributed by atoms with Crippen LogP contribution in [0.15, 0.2) is 0 Å². The minimum atomic E-state index is 0.345. The number of hydrogen-bond donors (Lipinski definition) is 0. The molecule has 0 bridgehead atoms. The molecule has 0 aromatic heterocycles. The summed E-state index contributed by atoms with van der Waals surface area (Å²) in [5.41, 5.74) is 0.902. The summed E-state index contributed by atoms with van der Waals surface area (Å²) in [4.78, 5) is 2.56. The third-order valence-corrected chi connectivity index (χ3v) is 5.61. The Morgan fingerprint density at radius 2 is 1.80 bits per heavy atom. The van der Waals surface area contributed by atoms with E-state index in [1.807, 2.05) is 0 Å². The van der Waals surface area contributed by atoms with Gasteiger partial charge in [-0.1, -0.05) is 35.7 Å². The number of halogens is 1. The third kappa shape index (κ3) is 3.20. The van der Waals surface area contributed by atoms with Gasteiger partial charge in [-0.25, -0.2) is 0 Å². The lowest BCUT2D eigenvalue weighted by atomic mass is 9.86. The molecule has 1 rings (SSSR count). The summed E-state index contributed by atoms with van der Waals surface area (Å²) >= 11 is 3.72. The van der Waals surface area contributed by atoms with E-state index in [4.69, 9.17) is 0 Å². The van der Waals surface area contributed by atoms with Crippen LogP contribution in [0.4, 0.5) is 0 Å². The Morgan fingerprint density at radius 3 is 2.20 bits per heavy atom.